The SMILES string of the molecule is OCc1ccc(C[NH2+]CCCCCCCCCCCC[NH2+]Cc2ccc(CO)cc2)cc1. The molecule has 0 aliphatic rings. The molecule has 4 heteroatoms. The van der Waals surface area contributed by atoms with Crippen molar-refractivity contribution in [3.05, 3.63) is 70.8 Å². The minimum Gasteiger partial charge on any atom is -0.392 e. The van der Waals surface area contributed by atoms with Gasteiger partial charge in [0.25, 0.3) is 0 Å². The number of quaternary nitrogens is 2. The van der Waals surface area contributed by atoms with Crippen molar-refractivity contribution in [1.29, 1.82) is 0 Å². The standard InChI is InChI=1S/C28H44N2O2/c31-23-27-15-11-25(12-16-27)21-29-19-9-7-5-3-1-2-4-6-8-10-20-30-22-26-13-17-28(24-32)18-14-26/h11-18,29-32H,1-10,19-24H2/p+2. The Kier molecular flexibility index (Phi) is 14.8. The van der Waals surface area contributed by atoms with Gasteiger partial charge in [-0.3, -0.25) is 0 Å². The van der Waals surface area contributed by atoms with Gasteiger partial charge in [0.15, 0.2) is 0 Å². The van der Waals surface area contributed by atoms with Crippen LogP contribution >= 0.6 is 0 Å². The van der Waals surface area contributed by atoms with Crippen LogP contribution in [0.25, 0.3) is 0 Å². The van der Waals surface area contributed by atoms with Gasteiger partial charge in [-0.2, -0.15) is 0 Å². The van der Waals surface area contributed by atoms with Crippen molar-refractivity contribution in [2.75, 3.05) is 13.1 Å². The molecule has 0 aliphatic heterocycles. The van der Waals surface area contributed by atoms with Gasteiger partial charge in [-0.15, -0.1) is 0 Å². The van der Waals surface area contributed by atoms with Crippen molar-refractivity contribution < 1.29 is 20.8 Å². The topological polar surface area (TPSA) is 73.7 Å². The number of aliphatic hydroxyl groups is 2. The van der Waals surface area contributed by atoms with Crippen LogP contribution in [-0.2, 0) is 26.3 Å². The molecule has 0 aromatic heterocycles. The molecule has 178 valence electrons. The molecule has 0 amide bonds. The van der Waals surface area contributed by atoms with Gasteiger partial charge in [-0.05, 0) is 36.8 Å². The van der Waals surface area contributed by atoms with E-state index in [0.29, 0.717) is 0 Å². The highest BCUT2D eigenvalue weighted by Crippen LogP contribution is 2.10. The molecule has 2 aromatic rings. The van der Waals surface area contributed by atoms with E-state index >= 15 is 0 Å². The average Bonchev–Trinajstić information content (AvgIpc) is 2.84. The van der Waals surface area contributed by atoms with Crippen molar-refractivity contribution in [3.63, 3.8) is 0 Å². The highest BCUT2D eigenvalue weighted by molar-refractivity contribution is 5.21. The molecule has 0 saturated heterocycles. The summed E-state index contributed by atoms with van der Waals surface area (Å²) in [5.41, 5.74) is 4.66. The van der Waals surface area contributed by atoms with E-state index in [1.54, 1.807) is 0 Å². The van der Waals surface area contributed by atoms with Crippen LogP contribution in [0.15, 0.2) is 48.5 Å². The number of nitrogens with two attached hydrogens (primary N) is 2. The van der Waals surface area contributed by atoms with Gasteiger partial charge in [0, 0.05) is 11.1 Å². The van der Waals surface area contributed by atoms with Crippen molar-refractivity contribution in [2.24, 2.45) is 0 Å². The lowest BCUT2D eigenvalue weighted by atomic mass is 10.1. The fourth-order valence-electron chi connectivity index (χ4n) is 4.09. The first kappa shape index (κ1) is 26.5. The summed E-state index contributed by atoms with van der Waals surface area (Å²) in [7, 11) is 0. The normalized spacial score (nSPS) is 11.2. The van der Waals surface area contributed by atoms with Gasteiger partial charge in [0.2, 0.25) is 0 Å². The predicted octanol–water partition coefficient (Wildman–Crippen LogP) is 3.40. The van der Waals surface area contributed by atoms with E-state index in [-0.39, 0.29) is 13.2 Å². The zero-order valence-electron chi connectivity index (χ0n) is 20.0. The zero-order valence-corrected chi connectivity index (χ0v) is 20.0. The Morgan fingerprint density at radius 3 is 1.00 bits per heavy atom. The number of unbranched alkanes of at least 4 members (excludes halogenated alkanes) is 9. The van der Waals surface area contributed by atoms with Gasteiger partial charge in [0.1, 0.15) is 13.1 Å². The van der Waals surface area contributed by atoms with Crippen LogP contribution in [0.4, 0.5) is 0 Å². The Hall–Kier alpha value is -1.72. The Labute approximate surface area is 195 Å². The summed E-state index contributed by atoms with van der Waals surface area (Å²) in [4.78, 5) is 0. The molecule has 0 atom stereocenters. The third-order valence-corrected chi connectivity index (χ3v) is 6.24. The monoisotopic (exact) mass is 442 g/mol. The first-order valence-electron chi connectivity index (χ1n) is 12.8. The fraction of sp³-hybridized carbons (Fsp3) is 0.571. The van der Waals surface area contributed by atoms with Crippen LogP contribution in [0, 0.1) is 0 Å². The van der Waals surface area contributed by atoms with Crippen molar-refractivity contribution in [3.8, 4) is 0 Å². The van der Waals surface area contributed by atoms with E-state index in [9.17, 15) is 0 Å². The first-order valence-corrected chi connectivity index (χ1v) is 12.8. The first-order chi connectivity index (χ1) is 15.8. The maximum Gasteiger partial charge on any atom is 0.101 e. The molecule has 0 bridgehead atoms. The summed E-state index contributed by atoms with van der Waals surface area (Å²) in [6, 6.07) is 16.6. The van der Waals surface area contributed by atoms with Gasteiger partial charge in [-0.25, -0.2) is 0 Å². The van der Waals surface area contributed by atoms with E-state index in [1.807, 2.05) is 24.3 Å². The number of hydrogen-bond acceptors (Lipinski definition) is 2. The van der Waals surface area contributed by atoms with Crippen LogP contribution in [0.1, 0.15) is 86.5 Å². The van der Waals surface area contributed by atoms with Gasteiger partial charge in [-0.1, -0.05) is 87.1 Å². The molecule has 32 heavy (non-hydrogen) atoms. The molecule has 0 radical (unpaired) electrons. The number of rotatable bonds is 19. The second-order valence-electron chi connectivity index (χ2n) is 9.05. The van der Waals surface area contributed by atoms with Crippen LogP contribution in [0.2, 0.25) is 0 Å². The second kappa shape index (κ2) is 17.8. The highest BCUT2D eigenvalue weighted by Gasteiger charge is 1.99. The minimum absolute atomic E-state index is 0.131. The maximum atomic E-state index is 9.08. The Balaban J connectivity index is 1.29. The van der Waals surface area contributed by atoms with Crippen LogP contribution in [0.3, 0.4) is 0 Å². The van der Waals surface area contributed by atoms with E-state index in [0.717, 1.165) is 24.2 Å². The van der Waals surface area contributed by atoms with Crippen LogP contribution in [0.5, 0.6) is 0 Å². The number of hydrogen-bond donors (Lipinski definition) is 4. The smallest absolute Gasteiger partial charge is 0.101 e. The molecule has 0 unspecified atom stereocenters. The molecule has 2 aromatic carbocycles. The largest absolute Gasteiger partial charge is 0.392 e. The molecule has 4 nitrogen and oxygen atoms in total. The molecule has 0 saturated carbocycles. The molecule has 0 heterocycles. The third-order valence-electron chi connectivity index (χ3n) is 6.24. The van der Waals surface area contributed by atoms with Crippen molar-refractivity contribution >= 4 is 0 Å². The average molecular weight is 443 g/mol. The van der Waals surface area contributed by atoms with E-state index in [1.165, 1.54) is 88.4 Å². The molecule has 0 fully saturated rings. The van der Waals surface area contributed by atoms with E-state index in [2.05, 4.69) is 34.9 Å². The predicted molar refractivity (Wildman–Crippen MR) is 132 cm³/mol. The highest BCUT2D eigenvalue weighted by atomic mass is 16.3. The Morgan fingerprint density at radius 1 is 0.406 bits per heavy atom. The maximum absolute atomic E-state index is 9.08. The summed E-state index contributed by atoms with van der Waals surface area (Å²) in [5, 5.41) is 23.0. The van der Waals surface area contributed by atoms with E-state index < -0.39 is 0 Å². The molecule has 2 rings (SSSR count). The van der Waals surface area contributed by atoms with Crippen LogP contribution in [-0.4, -0.2) is 23.3 Å². The number of benzene rings is 2. The summed E-state index contributed by atoms with van der Waals surface area (Å²) in [6.07, 6.45) is 13.7. The van der Waals surface area contributed by atoms with E-state index in [4.69, 9.17) is 10.2 Å². The Morgan fingerprint density at radius 2 is 0.688 bits per heavy atom. The number of aliphatic hydroxyl groups excluding tert-OH is 2. The Bertz CT molecular complexity index is 624. The van der Waals surface area contributed by atoms with Gasteiger partial charge in [0.05, 0.1) is 26.3 Å². The van der Waals surface area contributed by atoms with Gasteiger partial charge >= 0.3 is 0 Å². The summed E-state index contributed by atoms with van der Waals surface area (Å²) in [6.45, 7) is 4.78. The zero-order chi connectivity index (χ0) is 22.7. The molecular weight excluding hydrogens is 396 g/mol. The summed E-state index contributed by atoms with van der Waals surface area (Å²) >= 11 is 0. The third kappa shape index (κ3) is 12.4. The summed E-state index contributed by atoms with van der Waals surface area (Å²) < 4.78 is 0. The van der Waals surface area contributed by atoms with Crippen LogP contribution < -0.4 is 10.6 Å². The summed E-state index contributed by atoms with van der Waals surface area (Å²) in [5.74, 6) is 0. The lowest BCUT2D eigenvalue weighted by molar-refractivity contribution is -0.671. The molecular formula is C28H46N2O2+2. The van der Waals surface area contributed by atoms with Crippen molar-refractivity contribution in [2.45, 2.75) is 90.5 Å². The van der Waals surface area contributed by atoms with Crippen molar-refractivity contribution in [1.82, 2.24) is 0 Å². The van der Waals surface area contributed by atoms with Gasteiger partial charge < -0.3 is 20.8 Å². The second-order valence-corrected chi connectivity index (χ2v) is 9.05. The fourth-order valence-corrected chi connectivity index (χ4v) is 4.09. The molecule has 0 aliphatic carbocycles. The lowest BCUT2D eigenvalue weighted by Gasteiger charge is -2.05. The molecule has 0 spiro atoms. The quantitative estimate of drug-likeness (QED) is 0.252. The minimum atomic E-state index is 0.131. The molecule has 6 N–H and O–H groups in total. The lowest BCUT2D eigenvalue weighted by Crippen LogP contribution is -2.82.